The van der Waals surface area contributed by atoms with Crippen LogP contribution >= 0.6 is 0 Å². The summed E-state index contributed by atoms with van der Waals surface area (Å²) in [6.45, 7) is 4.58. The summed E-state index contributed by atoms with van der Waals surface area (Å²) in [5.41, 5.74) is 9.87. The summed E-state index contributed by atoms with van der Waals surface area (Å²) < 4.78 is 2.37. The van der Waals surface area contributed by atoms with E-state index in [9.17, 15) is 0 Å². The molecule has 4 heteroatoms. The molecule has 1 aliphatic rings. The van der Waals surface area contributed by atoms with E-state index in [-0.39, 0.29) is 5.41 Å². The van der Waals surface area contributed by atoms with Gasteiger partial charge in [0, 0.05) is 39.7 Å². The van der Waals surface area contributed by atoms with Gasteiger partial charge in [-0.25, -0.2) is 9.97 Å². The quantitative estimate of drug-likeness (QED) is 0.215. The van der Waals surface area contributed by atoms with E-state index in [1.54, 1.807) is 0 Å². The van der Waals surface area contributed by atoms with Crippen LogP contribution in [-0.2, 0) is 5.41 Å². The Labute approximate surface area is 255 Å². The molecule has 0 spiro atoms. The van der Waals surface area contributed by atoms with E-state index >= 15 is 0 Å². The molecule has 1 aliphatic carbocycles. The van der Waals surface area contributed by atoms with E-state index < -0.39 is 0 Å². The summed E-state index contributed by atoms with van der Waals surface area (Å²) in [6, 6.07) is 43.2. The Morgan fingerprint density at radius 3 is 2.11 bits per heavy atom. The smallest absolute Gasteiger partial charge is 0.161 e. The Morgan fingerprint density at radius 1 is 0.568 bits per heavy atom. The minimum Gasteiger partial charge on any atom is -0.293 e. The molecule has 0 saturated heterocycles. The standard InChI is InChI=1S/C40H28N4/c1-40(2)33-23-29(25-18-20-41-21-19-25)16-17-31(33)36-37(40)42-38(26-10-4-3-5-11-26)43-39(36)44-34-15-9-8-14-30(34)32-22-27-12-6-7-13-28(27)24-35(32)44/h3-24H,1-2H3. The Kier molecular flexibility index (Phi) is 5.21. The number of benzene rings is 5. The molecule has 4 nitrogen and oxygen atoms in total. The van der Waals surface area contributed by atoms with Crippen molar-refractivity contribution in [2.24, 2.45) is 0 Å². The molecule has 0 bridgehead atoms. The Hall–Kier alpha value is -5.61. The number of rotatable bonds is 3. The molecule has 3 heterocycles. The van der Waals surface area contributed by atoms with Crippen LogP contribution in [0.15, 0.2) is 134 Å². The van der Waals surface area contributed by atoms with Gasteiger partial charge in [0.2, 0.25) is 0 Å². The molecule has 9 rings (SSSR count). The Bertz CT molecular complexity index is 2400. The molecule has 208 valence electrons. The van der Waals surface area contributed by atoms with Crippen molar-refractivity contribution in [1.82, 2.24) is 19.5 Å². The highest BCUT2D eigenvalue weighted by Gasteiger charge is 2.40. The molecule has 0 saturated carbocycles. The first-order valence-corrected chi connectivity index (χ1v) is 15.0. The first-order valence-electron chi connectivity index (χ1n) is 15.0. The lowest BCUT2D eigenvalue weighted by atomic mass is 9.84. The minimum absolute atomic E-state index is 0.333. The van der Waals surface area contributed by atoms with Gasteiger partial charge >= 0.3 is 0 Å². The fourth-order valence-corrected chi connectivity index (χ4v) is 7.04. The van der Waals surface area contributed by atoms with Crippen molar-refractivity contribution in [3.05, 3.63) is 145 Å². The molecule has 0 fully saturated rings. The molecule has 0 radical (unpaired) electrons. The molecule has 5 aromatic carbocycles. The largest absolute Gasteiger partial charge is 0.293 e. The SMILES string of the molecule is CC1(C)c2cc(-c3ccncc3)ccc2-c2c(-n3c4ccccc4c4cc5ccccc5cc43)nc(-c3ccccc3)nc21. The van der Waals surface area contributed by atoms with Crippen LogP contribution in [0.5, 0.6) is 0 Å². The third-order valence-electron chi connectivity index (χ3n) is 9.24. The minimum atomic E-state index is -0.333. The Morgan fingerprint density at radius 2 is 1.30 bits per heavy atom. The number of hydrogen-bond acceptors (Lipinski definition) is 3. The van der Waals surface area contributed by atoms with Gasteiger partial charge in [-0.3, -0.25) is 9.55 Å². The van der Waals surface area contributed by atoms with Gasteiger partial charge in [-0.05, 0) is 69.4 Å². The lowest BCUT2D eigenvalue weighted by molar-refractivity contribution is 0.635. The maximum Gasteiger partial charge on any atom is 0.161 e. The average Bonchev–Trinajstić information content (AvgIpc) is 3.51. The van der Waals surface area contributed by atoms with Gasteiger partial charge < -0.3 is 0 Å². The lowest BCUT2D eigenvalue weighted by Gasteiger charge is -2.22. The maximum absolute atomic E-state index is 5.43. The number of fused-ring (bicyclic) bond motifs is 7. The van der Waals surface area contributed by atoms with Crippen molar-refractivity contribution < 1.29 is 0 Å². The molecule has 8 aromatic rings. The number of aromatic nitrogens is 4. The molecule has 3 aromatic heterocycles. The van der Waals surface area contributed by atoms with Gasteiger partial charge in [0.1, 0.15) is 5.82 Å². The van der Waals surface area contributed by atoms with Crippen molar-refractivity contribution in [3.8, 4) is 39.5 Å². The summed E-state index contributed by atoms with van der Waals surface area (Å²) in [5, 5.41) is 4.88. The second-order valence-corrected chi connectivity index (χ2v) is 12.2. The normalized spacial score (nSPS) is 13.4. The van der Waals surface area contributed by atoms with Gasteiger partial charge in [-0.1, -0.05) is 98.8 Å². The van der Waals surface area contributed by atoms with Crippen LogP contribution in [0.25, 0.3) is 72.0 Å². The summed E-state index contributed by atoms with van der Waals surface area (Å²) >= 11 is 0. The summed E-state index contributed by atoms with van der Waals surface area (Å²) in [7, 11) is 0. The van der Waals surface area contributed by atoms with Crippen molar-refractivity contribution >= 4 is 32.6 Å². The number of pyridine rings is 1. The van der Waals surface area contributed by atoms with Crippen LogP contribution in [0, 0.1) is 0 Å². The number of hydrogen-bond donors (Lipinski definition) is 0. The predicted molar refractivity (Wildman–Crippen MR) is 180 cm³/mol. The van der Waals surface area contributed by atoms with Crippen LogP contribution in [0.1, 0.15) is 25.1 Å². The lowest BCUT2D eigenvalue weighted by Crippen LogP contribution is -2.18. The fourth-order valence-electron chi connectivity index (χ4n) is 7.04. The first kappa shape index (κ1) is 24.9. The monoisotopic (exact) mass is 564 g/mol. The highest BCUT2D eigenvalue weighted by molar-refractivity contribution is 6.14. The van der Waals surface area contributed by atoms with Gasteiger partial charge in [-0.2, -0.15) is 0 Å². The zero-order chi connectivity index (χ0) is 29.4. The van der Waals surface area contributed by atoms with E-state index in [4.69, 9.17) is 9.97 Å². The van der Waals surface area contributed by atoms with Crippen LogP contribution in [0.4, 0.5) is 0 Å². The van der Waals surface area contributed by atoms with Gasteiger partial charge in [-0.15, -0.1) is 0 Å². The zero-order valence-corrected chi connectivity index (χ0v) is 24.5. The van der Waals surface area contributed by atoms with Crippen LogP contribution in [-0.4, -0.2) is 19.5 Å². The summed E-state index contributed by atoms with van der Waals surface area (Å²) in [4.78, 5) is 15.0. The molecular formula is C40H28N4. The molecule has 44 heavy (non-hydrogen) atoms. The van der Waals surface area contributed by atoms with Crippen LogP contribution in [0.3, 0.4) is 0 Å². The fraction of sp³-hybridized carbons (Fsp3) is 0.0750. The van der Waals surface area contributed by atoms with Crippen LogP contribution in [0.2, 0.25) is 0 Å². The molecular weight excluding hydrogens is 536 g/mol. The highest BCUT2D eigenvalue weighted by Crippen LogP contribution is 2.52. The second-order valence-electron chi connectivity index (χ2n) is 12.2. The molecule has 0 N–H and O–H groups in total. The Balaban J connectivity index is 1.41. The van der Waals surface area contributed by atoms with Gasteiger partial charge in [0.25, 0.3) is 0 Å². The third kappa shape index (κ3) is 3.54. The average molecular weight is 565 g/mol. The van der Waals surface area contributed by atoms with E-state index in [0.717, 1.165) is 45.1 Å². The maximum atomic E-state index is 5.43. The van der Waals surface area contributed by atoms with E-state index in [1.165, 1.54) is 38.2 Å². The third-order valence-corrected chi connectivity index (χ3v) is 9.24. The van der Waals surface area contributed by atoms with Gasteiger partial charge in [0.15, 0.2) is 5.82 Å². The van der Waals surface area contributed by atoms with Crippen molar-refractivity contribution in [2.75, 3.05) is 0 Å². The van der Waals surface area contributed by atoms with Crippen molar-refractivity contribution in [1.29, 1.82) is 0 Å². The molecule has 0 amide bonds. The summed E-state index contributed by atoms with van der Waals surface area (Å²) in [5.74, 6) is 1.65. The predicted octanol–water partition coefficient (Wildman–Crippen LogP) is 9.76. The molecule has 0 atom stereocenters. The highest BCUT2D eigenvalue weighted by atomic mass is 15.1. The van der Waals surface area contributed by atoms with E-state index in [1.807, 2.05) is 18.5 Å². The van der Waals surface area contributed by atoms with Gasteiger partial charge in [0.05, 0.1) is 16.7 Å². The second kappa shape index (κ2) is 9.19. The zero-order valence-electron chi connectivity index (χ0n) is 24.5. The molecule has 0 aliphatic heterocycles. The van der Waals surface area contributed by atoms with E-state index in [2.05, 4.69) is 139 Å². The topological polar surface area (TPSA) is 43.6 Å². The van der Waals surface area contributed by atoms with Crippen molar-refractivity contribution in [3.63, 3.8) is 0 Å². The van der Waals surface area contributed by atoms with E-state index in [0.29, 0.717) is 0 Å². The van der Waals surface area contributed by atoms with Crippen LogP contribution < -0.4 is 0 Å². The first-order chi connectivity index (χ1) is 21.6. The summed E-state index contributed by atoms with van der Waals surface area (Å²) in [6.07, 6.45) is 3.70. The molecule has 0 unspecified atom stereocenters. The number of nitrogens with zero attached hydrogens (tertiary/aromatic N) is 4. The number of para-hydroxylation sites is 1. The van der Waals surface area contributed by atoms with Crippen molar-refractivity contribution in [2.45, 2.75) is 19.3 Å².